The summed E-state index contributed by atoms with van der Waals surface area (Å²) in [7, 11) is 3.42. The fourth-order valence-corrected chi connectivity index (χ4v) is 1.88. The maximum Gasteiger partial charge on any atom is 0.0590 e. The maximum atomic E-state index is 4.50. The van der Waals surface area contributed by atoms with Crippen LogP contribution in [-0.4, -0.2) is 20.3 Å². The van der Waals surface area contributed by atoms with E-state index in [1.54, 1.807) is 6.21 Å². The minimum atomic E-state index is 0.862. The Kier molecular flexibility index (Phi) is 8.11. The van der Waals surface area contributed by atoms with Crippen LogP contribution >= 0.6 is 0 Å². The Labute approximate surface area is 139 Å². The number of nitrogens with two attached hydrogens (primary N) is 1. The summed E-state index contributed by atoms with van der Waals surface area (Å²) in [4.78, 5) is 0. The molecule has 2 N–H and O–H groups in total. The molecule has 2 rings (SSSR count). The van der Waals surface area contributed by atoms with E-state index in [0.717, 1.165) is 11.3 Å². The van der Waals surface area contributed by atoms with Crippen molar-refractivity contribution >= 4 is 18.0 Å². The number of hydrogen-bond acceptors (Lipinski definition) is 3. The molecule has 0 saturated carbocycles. The number of aryl methyl sites for hydroxylation is 1. The topological polar surface area (TPSA) is 41.6 Å². The molecule has 0 aliphatic heterocycles. The monoisotopic (exact) mass is 307 g/mol. The molecule has 0 aliphatic rings. The first kappa shape index (κ1) is 18.4. The van der Waals surface area contributed by atoms with E-state index in [0.29, 0.717) is 0 Å². The summed E-state index contributed by atoms with van der Waals surface area (Å²) >= 11 is 0. The third-order valence-electron chi connectivity index (χ3n) is 3.19. The van der Waals surface area contributed by atoms with E-state index in [-0.39, 0.29) is 0 Å². The average Bonchev–Trinajstić information content (AvgIpc) is 2.61. The Morgan fingerprint density at radius 3 is 2.30 bits per heavy atom. The second-order valence-corrected chi connectivity index (χ2v) is 4.87. The molecule has 0 atom stereocenters. The second kappa shape index (κ2) is 10.1. The molecule has 0 spiro atoms. The van der Waals surface area contributed by atoms with E-state index in [4.69, 9.17) is 0 Å². The standard InChI is InChI=1S/C19H20N2.CH5N/c1-16(13-14-18-10-8-7-9-17(18)2)15-20-21(3)19-11-5-4-6-12-19;1-2/h4-15H,1H2,2-3H3;2H2,1H3/b14-13-,20-15+;. The van der Waals surface area contributed by atoms with Gasteiger partial charge in [-0.05, 0) is 42.8 Å². The summed E-state index contributed by atoms with van der Waals surface area (Å²) in [6.07, 6.45) is 5.80. The first-order chi connectivity index (χ1) is 11.2. The summed E-state index contributed by atoms with van der Waals surface area (Å²) < 4.78 is 0. The summed E-state index contributed by atoms with van der Waals surface area (Å²) in [5.41, 5.74) is 8.86. The SMILES string of the molecule is C=C(/C=C\c1ccccc1C)/C=N/N(C)c1ccccc1.CN. The van der Waals surface area contributed by atoms with Crippen LogP contribution in [0, 0.1) is 6.92 Å². The predicted molar refractivity (Wildman–Crippen MR) is 103 cm³/mol. The minimum Gasteiger partial charge on any atom is -0.333 e. The van der Waals surface area contributed by atoms with Crippen LogP contribution in [0.25, 0.3) is 6.08 Å². The smallest absolute Gasteiger partial charge is 0.0590 e. The van der Waals surface area contributed by atoms with Gasteiger partial charge in [-0.15, -0.1) is 0 Å². The maximum absolute atomic E-state index is 4.50. The summed E-state index contributed by atoms with van der Waals surface area (Å²) in [5, 5.41) is 6.21. The number of hydrazone groups is 1. The Balaban J connectivity index is 0.00000127. The molecule has 0 bridgehead atoms. The van der Waals surface area contributed by atoms with E-state index >= 15 is 0 Å². The van der Waals surface area contributed by atoms with Crippen molar-refractivity contribution in [2.75, 3.05) is 19.1 Å². The Bertz CT molecular complexity index is 658. The number of allylic oxidation sites excluding steroid dienone is 2. The molecule has 0 fully saturated rings. The number of rotatable bonds is 5. The van der Waals surface area contributed by atoms with Gasteiger partial charge in [0.1, 0.15) is 0 Å². The van der Waals surface area contributed by atoms with Gasteiger partial charge in [-0.1, -0.05) is 61.2 Å². The molecule has 120 valence electrons. The second-order valence-electron chi connectivity index (χ2n) is 4.87. The lowest BCUT2D eigenvalue weighted by Crippen LogP contribution is -2.08. The zero-order chi connectivity index (χ0) is 17.1. The van der Waals surface area contributed by atoms with Gasteiger partial charge < -0.3 is 5.73 Å². The van der Waals surface area contributed by atoms with Crippen molar-refractivity contribution in [1.29, 1.82) is 0 Å². The van der Waals surface area contributed by atoms with Gasteiger partial charge in [0, 0.05) is 7.05 Å². The van der Waals surface area contributed by atoms with Gasteiger partial charge in [0.25, 0.3) is 0 Å². The normalized spacial score (nSPS) is 10.4. The fraction of sp³-hybridized carbons (Fsp3) is 0.150. The molecule has 23 heavy (non-hydrogen) atoms. The highest BCUT2D eigenvalue weighted by molar-refractivity contribution is 5.84. The molecule has 3 nitrogen and oxygen atoms in total. The van der Waals surface area contributed by atoms with Crippen LogP contribution in [-0.2, 0) is 0 Å². The molecule has 2 aromatic carbocycles. The third kappa shape index (κ3) is 6.32. The zero-order valence-corrected chi connectivity index (χ0v) is 14.1. The molecule has 2 aromatic rings. The highest BCUT2D eigenvalue weighted by Crippen LogP contribution is 2.12. The van der Waals surface area contributed by atoms with E-state index < -0.39 is 0 Å². The van der Waals surface area contributed by atoms with Crippen molar-refractivity contribution in [2.45, 2.75) is 6.92 Å². The lowest BCUT2D eigenvalue weighted by atomic mass is 10.1. The summed E-state index contributed by atoms with van der Waals surface area (Å²) in [5.74, 6) is 0. The molecule has 0 heterocycles. The van der Waals surface area contributed by atoms with Crippen LogP contribution in [0.5, 0.6) is 0 Å². The van der Waals surface area contributed by atoms with Crippen LogP contribution < -0.4 is 10.7 Å². The molecule has 0 aliphatic carbocycles. The van der Waals surface area contributed by atoms with Crippen molar-refractivity contribution in [1.82, 2.24) is 0 Å². The van der Waals surface area contributed by atoms with Crippen LogP contribution in [0.2, 0.25) is 0 Å². The lowest BCUT2D eigenvalue weighted by Gasteiger charge is -2.11. The molecule has 0 saturated heterocycles. The van der Waals surface area contributed by atoms with E-state index in [1.165, 1.54) is 18.2 Å². The van der Waals surface area contributed by atoms with Gasteiger partial charge in [-0.2, -0.15) is 5.10 Å². The Morgan fingerprint density at radius 1 is 1.04 bits per heavy atom. The number of para-hydroxylation sites is 1. The molecular formula is C20H25N3. The first-order valence-electron chi connectivity index (χ1n) is 7.50. The van der Waals surface area contributed by atoms with E-state index in [9.17, 15) is 0 Å². The molecular weight excluding hydrogens is 282 g/mol. The highest BCUT2D eigenvalue weighted by Gasteiger charge is 1.95. The quantitative estimate of drug-likeness (QED) is 0.509. The van der Waals surface area contributed by atoms with E-state index in [2.05, 4.69) is 42.5 Å². The van der Waals surface area contributed by atoms with Gasteiger partial charge in [0.2, 0.25) is 0 Å². The number of nitrogens with zero attached hydrogens (tertiary/aromatic N) is 2. The predicted octanol–water partition coefficient (Wildman–Crippen LogP) is 4.26. The summed E-state index contributed by atoms with van der Waals surface area (Å²) in [6, 6.07) is 18.3. The number of benzene rings is 2. The van der Waals surface area contributed by atoms with E-state index in [1.807, 2.05) is 60.6 Å². The highest BCUT2D eigenvalue weighted by atomic mass is 15.4. The number of hydrogen-bond donors (Lipinski definition) is 1. The Morgan fingerprint density at radius 2 is 1.65 bits per heavy atom. The van der Waals surface area contributed by atoms with Crippen molar-refractivity contribution in [2.24, 2.45) is 10.8 Å². The Hall–Kier alpha value is -2.65. The van der Waals surface area contributed by atoms with Crippen LogP contribution in [0.15, 0.2) is 77.9 Å². The molecule has 3 heteroatoms. The van der Waals surface area contributed by atoms with Crippen LogP contribution in [0.3, 0.4) is 0 Å². The van der Waals surface area contributed by atoms with Crippen molar-refractivity contribution < 1.29 is 0 Å². The molecule has 0 radical (unpaired) electrons. The first-order valence-corrected chi connectivity index (χ1v) is 7.50. The van der Waals surface area contributed by atoms with Gasteiger partial charge in [-0.25, -0.2) is 0 Å². The van der Waals surface area contributed by atoms with Gasteiger partial charge in [0.15, 0.2) is 0 Å². The zero-order valence-electron chi connectivity index (χ0n) is 14.1. The number of anilines is 1. The molecule has 0 aromatic heterocycles. The van der Waals surface area contributed by atoms with Crippen molar-refractivity contribution in [3.8, 4) is 0 Å². The van der Waals surface area contributed by atoms with Crippen molar-refractivity contribution in [3.63, 3.8) is 0 Å². The molecule has 0 amide bonds. The van der Waals surface area contributed by atoms with Crippen molar-refractivity contribution in [3.05, 3.63) is 84.0 Å². The molecule has 0 unspecified atom stereocenters. The van der Waals surface area contributed by atoms with Gasteiger partial charge >= 0.3 is 0 Å². The fourth-order valence-electron chi connectivity index (χ4n) is 1.88. The largest absolute Gasteiger partial charge is 0.333 e. The van der Waals surface area contributed by atoms with Gasteiger partial charge in [0.05, 0.1) is 11.9 Å². The average molecular weight is 307 g/mol. The third-order valence-corrected chi connectivity index (χ3v) is 3.19. The van der Waals surface area contributed by atoms with Crippen LogP contribution in [0.1, 0.15) is 11.1 Å². The van der Waals surface area contributed by atoms with Crippen LogP contribution in [0.4, 0.5) is 5.69 Å². The lowest BCUT2D eigenvalue weighted by molar-refractivity contribution is 1.02. The van der Waals surface area contributed by atoms with Gasteiger partial charge in [-0.3, -0.25) is 5.01 Å². The summed E-state index contributed by atoms with van der Waals surface area (Å²) in [6.45, 7) is 6.10. The minimum absolute atomic E-state index is 0.862.